The van der Waals surface area contributed by atoms with Gasteiger partial charge in [-0.3, -0.25) is 4.90 Å². The van der Waals surface area contributed by atoms with Crippen LogP contribution in [0.5, 0.6) is 0 Å². The van der Waals surface area contributed by atoms with Crippen molar-refractivity contribution in [3.05, 3.63) is 77.2 Å². The minimum Gasteiger partial charge on any atom is -0.335 e. The lowest BCUT2D eigenvalue weighted by atomic mass is 10.1. The summed E-state index contributed by atoms with van der Waals surface area (Å²) in [6.07, 6.45) is 0. The molecule has 4 nitrogen and oxygen atoms in total. The van der Waals surface area contributed by atoms with E-state index < -0.39 is 0 Å². The lowest BCUT2D eigenvalue weighted by molar-refractivity contribution is 0.219. The highest BCUT2D eigenvalue weighted by Crippen LogP contribution is 2.34. The molecule has 30 heavy (non-hydrogen) atoms. The average Bonchev–Trinajstić information content (AvgIpc) is 3.14. The summed E-state index contributed by atoms with van der Waals surface area (Å²) < 4.78 is 0. The van der Waals surface area contributed by atoms with E-state index in [1.165, 1.54) is 10.4 Å². The van der Waals surface area contributed by atoms with Crippen LogP contribution >= 0.6 is 11.3 Å². The zero-order chi connectivity index (χ0) is 20.5. The highest BCUT2D eigenvalue weighted by atomic mass is 32.1. The monoisotopic (exact) mass is 414 g/mol. The number of piperazine rings is 1. The first kappa shape index (κ1) is 19.2. The second-order valence-corrected chi connectivity index (χ2v) is 9.31. The van der Waals surface area contributed by atoms with Crippen LogP contribution in [0.25, 0.3) is 21.5 Å². The topological polar surface area (TPSA) is 32.3 Å². The molecule has 3 heterocycles. The van der Waals surface area contributed by atoms with Crippen molar-refractivity contribution in [2.45, 2.75) is 26.4 Å². The molecule has 1 saturated heterocycles. The summed E-state index contributed by atoms with van der Waals surface area (Å²) >= 11 is 1.75. The molecule has 0 amide bonds. The van der Waals surface area contributed by atoms with Gasteiger partial charge in [-0.2, -0.15) is 0 Å². The minimum atomic E-state index is 0.365. The van der Waals surface area contributed by atoms with E-state index in [2.05, 4.69) is 90.4 Å². The molecule has 0 N–H and O–H groups in total. The Hall–Kier alpha value is -2.76. The fourth-order valence-corrected chi connectivity index (χ4v) is 5.17. The van der Waals surface area contributed by atoms with Crippen LogP contribution in [0.4, 0.5) is 5.95 Å². The molecule has 4 aromatic rings. The highest BCUT2D eigenvalue weighted by Gasteiger charge is 2.27. The van der Waals surface area contributed by atoms with Crippen molar-refractivity contribution in [3.63, 3.8) is 0 Å². The van der Waals surface area contributed by atoms with E-state index in [1.54, 1.807) is 11.3 Å². The Bertz CT molecular complexity index is 1140. The molecule has 0 aliphatic carbocycles. The Morgan fingerprint density at radius 3 is 2.43 bits per heavy atom. The molecule has 0 spiro atoms. The van der Waals surface area contributed by atoms with Gasteiger partial charge in [-0.05, 0) is 25.5 Å². The van der Waals surface area contributed by atoms with Gasteiger partial charge in [0.1, 0.15) is 4.83 Å². The van der Waals surface area contributed by atoms with Crippen molar-refractivity contribution in [2.75, 3.05) is 24.5 Å². The van der Waals surface area contributed by atoms with Crippen molar-refractivity contribution in [2.24, 2.45) is 0 Å². The third-order valence-electron chi connectivity index (χ3n) is 5.77. The van der Waals surface area contributed by atoms with E-state index in [-0.39, 0.29) is 0 Å². The Kier molecular flexibility index (Phi) is 5.23. The van der Waals surface area contributed by atoms with Gasteiger partial charge in [0.05, 0.1) is 5.69 Å². The molecule has 1 unspecified atom stereocenters. The quantitative estimate of drug-likeness (QED) is 0.449. The maximum Gasteiger partial charge on any atom is 0.227 e. The Morgan fingerprint density at radius 1 is 0.967 bits per heavy atom. The molecule has 0 radical (unpaired) electrons. The molecule has 1 fully saturated rings. The molecule has 1 aliphatic heterocycles. The Balaban J connectivity index is 1.44. The van der Waals surface area contributed by atoms with Gasteiger partial charge in [-0.15, -0.1) is 11.3 Å². The molecule has 5 rings (SSSR count). The van der Waals surface area contributed by atoms with E-state index in [0.29, 0.717) is 6.04 Å². The van der Waals surface area contributed by atoms with E-state index in [1.807, 2.05) is 0 Å². The first-order chi connectivity index (χ1) is 14.7. The molecule has 5 heteroatoms. The van der Waals surface area contributed by atoms with E-state index in [4.69, 9.17) is 9.97 Å². The van der Waals surface area contributed by atoms with Crippen molar-refractivity contribution < 1.29 is 0 Å². The number of hydrogen-bond donors (Lipinski definition) is 0. The molecular weight excluding hydrogens is 388 g/mol. The zero-order valence-electron chi connectivity index (χ0n) is 17.5. The number of aromatic nitrogens is 2. The summed E-state index contributed by atoms with van der Waals surface area (Å²) in [4.78, 5) is 17.3. The van der Waals surface area contributed by atoms with Crippen molar-refractivity contribution in [1.29, 1.82) is 0 Å². The number of anilines is 1. The maximum absolute atomic E-state index is 5.07. The Labute approximate surface area is 181 Å². The smallest absolute Gasteiger partial charge is 0.227 e. The Morgan fingerprint density at radius 2 is 1.70 bits per heavy atom. The number of thiophene rings is 1. The summed E-state index contributed by atoms with van der Waals surface area (Å²) in [7, 11) is 0. The van der Waals surface area contributed by atoms with Gasteiger partial charge in [-0.1, -0.05) is 60.7 Å². The predicted octanol–water partition coefficient (Wildman–Crippen LogP) is 5.38. The fraction of sp³-hybridized carbons (Fsp3) is 0.280. The average molecular weight is 415 g/mol. The number of hydrogen-bond acceptors (Lipinski definition) is 5. The molecular formula is C25H26N4S. The fourth-order valence-electron chi connectivity index (χ4n) is 4.29. The van der Waals surface area contributed by atoms with Crippen LogP contribution in [0.2, 0.25) is 0 Å². The van der Waals surface area contributed by atoms with Gasteiger partial charge in [0.25, 0.3) is 0 Å². The number of fused-ring (bicyclic) bond motifs is 1. The van der Waals surface area contributed by atoms with Crippen molar-refractivity contribution >= 4 is 27.5 Å². The molecule has 152 valence electrons. The van der Waals surface area contributed by atoms with Crippen LogP contribution in [-0.4, -0.2) is 40.5 Å². The third-order valence-corrected chi connectivity index (χ3v) is 6.71. The molecule has 0 saturated carbocycles. The number of benzene rings is 2. The van der Waals surface area contributed by atoms with Gasteiger partial charge in [-0.25, -0.2) is 9.97 Å². The normalized spacial score (nSPS) is 17.5. The lowest BCUT2D eigenvalue weighted by Gasteiger charge is -2.40. The summed E-state index contributed by atoms with van der Waals surface area (Å²) in [5.41, 5.74) is 3.56. The maximum atomic E-state index is 5.07. The van der Waals surface area contributed by atoms with E-state index in [0.717, 1.165) is 53.6 Å². The number of rotatable bonds is 4. The predicted molar refractivity (Wildman–Crippen MR) is 126 cm³/mol. The first-order valence-electron chi connectivity index (χ1n) is 10.5. The molecule has 0 bridgehead atoms. The number of aryl methyl sites for hydroxylation is 1. The summed E-state index contributed by atoms with van der Waals surface area (Å²) in [6.45, 7) is 8.40. The molecule has 2 aromatic heterocycles. The molecule has 1 atom stereocenters. The van der Waals surface area contributed by atoms with Crippen molar-refractivity contribution in [3.8, 4) is 11.3 Å². The summed E-state index contributed by atoms with van der Waals surface area (Å²) in [5, 5.41) is 1.16. The lowest BCUT2D eigenvalue weighted by Crippen LogP contribution is -2.52. The summed E-state index contributed by atoms with van der Waals surface area (Å²) in [6, 6.07) is 23.8. The van der Waals surface area contributed by atoms with Gasteiger partial charge in [0.15, 0.2) is 0 Å². The van der Waals surface area contributed by atoms with Crippen LogP contribution in [0.1, 0.15) is 17.4 Å². The second-order valence-electron chi connectivity index (χ2n) is 8.08. The first-order valence-corrected chi connectivity index (χ1v) is 11.4. The van der Waals surface area contributed by atoms with Gasteiger partial charge in [0, 0.05) is 48.0 Å². The van der Waals surface area contributed by atoms with Gasteiger partial charge >= 0.3 is 0 Å². The largest absolute Gasteiger partial charge is 0.335 e. The third kappa shape index (κ3) is 3.83. The van der Waals surface area contributed by atoms with Crippen LogP contribution in [0.15, 0.2) is 66.7 Å². The molecule has 2 aromatic carbocycles. The van der Waals surface area contributed by atoms with E-state index >= 15 is 0 Å². The van der Waals surface area contributed by atoms with E-state index in [9.17, 15) is 0 Å². The molecule has 1 aliphatic rings. The van der Waals surface area contributed by atoms with Crippen LogP contribution in [0, 0.1) is 6.92 Å². The van der Waals surface area contributed by atoms with Crippen LogP contribution in [-0.2, 0) is 6.54 Å². The summed E-state index contributed by atoms with van der Waals surface area (Å²) in [5.74, 6) is 0.857. The number of nitrogens with zero attached hydrogens (tertiary/aromatic N) is 4. The zero-order valence-corrected chi connectivity index (χ0v) is 18.3. The van der Waals surface area contributed by atoms with Crippen LogP contribution < -0.4 is 4.90 Å². The second kappa shape index (κ2) is 8.17. The highest BCUT2D eigenvalue weighted by molar-refractivity contribution is 7.18. The van der Waals surface area contributed by atoms with Gasteiger partial charge in [0.2, 0.25) is 5.95 Å². The SMILES string of the molecule is Cc1cc2c(-c3ccccc3)nc(N3CCN(Cc4ccccc4)CC3C)nc2s1. The standard InChI is InChI=1S/C25H26N4S/c1-18-16-28(17-20-9-5-3-6-10-20)13-14-29(18)25-26-23(21-11-7-4-8-12-21)22-15-19(2)30-24(22)27-25/h3-12,15,18H,13-14,16-17H2,1-2H3. The van der Waals surface area contributed by atoms with Crippen molar-refractivity contribution in [1.82, 2.24) is 14.9 Å². The van der Waals surface area contributed by atoms with Gasteiger partial charge < -0.3 is 4.90 Å². The minimum absolute atomic E-state index is 0.365. The van der Waals surface area contributed by atoms with Crippen LogP contribution in [0.3, 0.4) is 0 Å².